The molecule has 0 aliphatic rings. The van der Waals surface area contributed by atoms with Crippen molar-refractivity contribution in [2.45, 2.75) is 78.9 Å². The van der Waals surface area contributed by atoms with E-state index in [0.717, 1.165) is 19.3 Å². The molecule has 0 bridgehead atoms. The normalized spacial score (nSPS) is 16.2. The number of hydrogen-bond donors (Lipinski definition) is 0. The van der Waals surface area contributed by atoms with Crippen molar-refractivity contribution < 1.29 is 14.2 Å². The van der Waals surface area contributed by atoms with Crippen LogP contribution in [0, 0.1) is 5.41 Å². The minimum Gasteiger partial charge on any atom is -0.384 e. The first-order chi connectivity index (χ1) is 9.10. The topological polar surface area (TPSA) is 27.7 Å². The average Bonchev–Trinajstić information content (AvgIpc) is 2.32. The zero-order chi connectivity index (χ0) is 15.9. The Morgan fingerprint density at radius 3 is 1.75 bits per heavy atom. The van der Waals surface area contributed by atoms with E-state index < -0.39 is 0 Å². The van der Waals surface area contributed by atoms with Crippen LogP contribution < -0.4 is 0 Å². The van der Waals surface area contributed by atoms with E-state index in [1.807, 2.05) is 0 Å². The van der Waals surface area contributed by atoms with Gasteiger partial charge in [-0.3, -0.25) is 0 Å². The molecule has 1 atom stereocenters. The summed E-state index contributed by atoms with van der Waals surface area (Å²) in [7, 11) is 1.75. The van der Waals surface area contributed by atoms with Gasteiger partial charge >= 0.3 is 0 Å². The highest BCUT2D eigenvalue weighted by Crippen LogP contribution is 2.29. The molecule has 20 heavy (non-hydrogen) atoms. The summed E-state index contributed by atoms with van der Waals surface area (Å²) in [6.45, 7) is 17.0. The first-order valence-corrected chi connectivity index (χ1v) is 7.86. The van der Waals surface area contributed by atoms with Gasteiger partial charge in [-0.15, -0.1) is 0 Å². The molecular weight excluding hydrogens is 252 g/mol. The summed E-state index contributed by atoms with van der Waals surface area (Å²) in [5.74, 6) is 0. The van der Waals surface area contributed by atoms with E-state index in [1.165, 1.54) is 0 Å². The van der Waals surface area contributed by atoms with Crippen molar-refractivity contribution in [2.75, 3.05) is 26.9 Å². The highest BCUT2D eigenvalue weighted by molar-refractivity contribution is 4.81. The van der Waals surface area contributed by atoms with Crippen molar-refractivity contribution in [1.29, 1.82) is 0 Å². The molecule has 0 fully saturated rings. The Kier molecular flexibility index (Phi) is 8.30. The van der Waals surface area contributed by atoms with Gasteiger partial charge in [0.2, 0.25) is 0 Å². The summed E-state index contributed by atoms with van der Waals surface area (Å²) in [6.07, 6.45) is 3.19. The summed E-state index contributed by atoms with van der Waals surface area (Å²) in [6, 6.07) is 0. The summed E-state index contributed by atoms with van der Waals surface area (Å²) in [5, 5.41) is 0. The molecule has 0 saturated heterocycles. The molecule has 0 aromatic heterocycles. The van der Waals surface area contributed by atoms with Crippen LogP contribution in [0.2, 0.25) is 0 Å². The van der Waals surface area contributed by atoms with Crippen LogP contribution in [0.4, 0.5) is 0 Å². The van der Waals surface area contributed by atoms with Crippen molar-refractivity contribution in [3.8, 4) is 0 Å². The number of hydrogen-bond acceptors (Lipinski definition) is 3. The fourth-order valence-electron chi connectivity index (χ4n) is 2.13. The maximum atomic E-state index is 6.18. The second-order valence-electron chi connectivity index (χ2n) is 7.49. The fourth-order valence-corrected chi connectivity index (χ4v) is 2.13. The lowest BCUT2D eigenvalue weighted by atomic mass is 9.87. The molecule has 0 aliphatic carbocycles. The molecule has 1 unspecified atom stereocenters. The zero-order valence-electron chi connectivity index (χ0n) is 15.0. The van der Waals surface area contributed by atoms with E-state index >= 15 is 0 Å². The molecule has 0 heterocycles. The van der Waals surface area contributed by atoms with Crippen LogP contribution in [0.1, 0.15) is 67.7 Å². The zero-order valence-corrected chi connectivity index (χ0v) is 15.0. The van der Waals surface area contributed by atoms with Crippen LogP contribution in [-0.2, 0) is 14.2 Å². The molecule has 0 aromatic carbocycles. The smallest absolute Gasteiger partial charge is 0.0626 e. The Balaban J connectivity index is 4.68. The summed E-state index contributed by atoms with van der Waals surface area (Å²) in [4.78, 5) is 0. The average molecular weight is 288 g/mol. The Hall–Kier alpha value is -0.120. The molecule has 0 rings (SSSR count). The van der Waals surface area contributed by atoms with E-state index in [1.54, 1.807) is 7.11 Å². The lowest BCUT2D eigenvalue weighted by Gasteiger charge is -2.37. The fraction of sp³-hybridized carbons (Fsp3) is 1.00. The van der Waals surface area contributed by atoms with Crippen molar-refractivity contribution in [2.24, 2.45) is 5.41 Å². The third kappa shape index (κ3) is 8.23. The standard InChI is InChI=1S/C17H36O3/c1-9-11-16(6,7)20-14-17(10-2,12-18-8)13-19-15(3,4)5/h9-14H2,1-8H3. The monoisotopic (exact) mass is 288 g/mol. The molecule has 3 heteroatoms. The molecule has 3 nitrogen and oxygen atoms in total. The molecule has 0 amide bonds. The first-order valence-electron chi connectivity index (χ1n) is 7.86. The van der Waals surface area contributed by atoms with Crippen LogP contribution in [0.25, 0.3) is 0 Å². The van der Waals surface area contributed by atoms with Crippen LogP contribution in [0.15, 0.2) is 0 Å². The Bertz CT molecular complexity index is 255. The number of ether oxygens (including phenoxy) is 3. The van der Waals surface area contributed by atoms with Gasteiger partial charge in [-0.1, -0.05) is 20.3 Å². The SMILES string of the molecule is CCCC(C)(C)OCC(CC)(COC)COC(C)(C)C. The minimum absolute atomic E-state index is 0.0625. The van der Waals surface area contributed by atoms with Gasteiger partial charge in [-0.2, -0.15) is 0 Å². The number of methoxy groups -OCH3 is 1. The van der Waals surface area contributed by atoms with Gasteiger partial charge in [0, 0.05) is 12.5 Å². The summed E-state index contributed by atoms with van der Waals surface area (Å²) >= 11 is 0. The number of rotatable bonds is 10. The van der Waals surface area contributed by atoms with E-state index in [4.69, 9.17) is 14.2 Å². The maximum absolute atomic E-state index is 6.18. The molecule has 0 saturated carbocycles. The van der Waals surface area contributed by atoms with Crippen LogP contribution in [0.3, 0.4) is 0 Å². The van der Waals surface area contributed by atoms with Crippen LogP contribution >= 0.6 is 0 Å². The third-order valence-corrected chi connectivity index (χ3v) is 3.63. The molecule has 0 aromatic rings. The predicted molar refractivity (Wildman–Crippen MR) is 85.2 cm³/mol. The summed E-state index contributed by atoms with van der Waals surface area (Å²) in [5.41, 5.74) is -0.273. The molecule has 0 N–H and O–H groups in total. The Labute approximate surface area is 126 Å². The van der Waals surface area contributed by atoms with Crippen LogP contribution in [0.5, 0.6) is 0 Å². The van der Waals surface area contributed by atoms with Gasteiger partial charge in [-0.25, -0.2) is 0 Å². The predicted octanol–water partition coefficient (Wildman–Crippen LogP) is 4.44. The van der Waals surface area contributed by atoms with E-state index in [9.17, 15) is 0 Å². The second-order valence-corrected chi connectivity index (χ2v) is 7.49. The molecule has 0 aliphatic heterocycles. The van der Waals surface area contributed by atoms with Gasteiger partial charge < -0.3 is 14.2 Å². The molecule has 0 radical (unpaired) electrons. The molecular formula is C17H36O3. The highest BCUT2D eigenvalue weighted by atomic mass is 16.5. The van der Waals surface area contributed by atoms with Crippen LogP contribution in [-0.4, -0.2) is 38.1 Å². The highest BCUT2D eigenvalue weighted by Gasteiger charge is 2.33. The third-order valence-electron chi connectivity index (χ3n) is 3.63. The van der Waals surface area contributed by atoms with Crippen molar-refractivity contribution in [3.05, 3.63) is 0 Å². The van der Waals surface area contributed by atoms with Crippen molar-refractivity contribution >= 4 is 0 Å². The van der Waals surface area contributed by atoms with Gasteiger partial charge in [0.1, 0.15) is 0 Å². The van der Waals surface area contributed by atoms with Gasteiger partial charge in [0.15, 0.2) is 0 Å². The van der Waals surface area contributed by atoms with E-state index in [0.29, 0.717) is 19.8 Å². The van der Waals surface area contributed by atoms with Gasteiger partial charge in [0.25, 0.3) is 0 Å². The maximum Gasteiger partial charge on any atom is 0.0626 e. The van der Waals surface area contributed by atoms with E-state index in [-0.39, 0.29) is 16.6 Å². The van der Waals surface area contributed by atoms with Gasteiger partial charge in [0.05, 0.1) is 31.0 Å². The van der Waals surface area contributed by atoms with Crippen molar-refractivity contribution in [1.82, 2.24) is 0 Å². The summed E-state index contributed by atoms with van der Waals surface area (Å²) < 4.78 is 17.6. The lowest BCUT2D eigenvalue weighted by Crippen LogP contribution is -2.42. The Morgan fingerprint density at radius 2 is 1.35 bits per heavy atom. The minimum atomic E-state index is -0.132. The Morgan fingerprint density at radius 1 is 0.800 bits per heavy atom. The molecule has 122 valence electrons. The quantitative estimate of drug-likeness (QED) is 0.595. The van der Waals surface area contributed by atoms with E-state index in [2.05, 4.69) is 48.5 Å². The first kappa shape index (κ1) is 19.9. The van der Waals surface area contributed by atoms with Gasteiger partial charge in [-0.05, 0) is 47.5 Å². The molecule has 0 spiro atoms. The second kappa shape index (κ2) is 8.35. The lowest BCUT2D eigenvalue weighted by molar-refractivity contribution is -0.133. The van der Waals surface area contributed by atoms with Crippen molar-refractivity contribution in [3.63, 3.8) is 0 Å². The largest absolute Gasteiger partial charge is 0.384 e.